The number of nitrogens with one attached hydrogen (secondary N) is 1. The normalized spacial score (nSPS) is 25.8. The van der Waals surface area contributed by atoms with E-state index in [0.29, 0.717) is 18.1 Å². The molecule has 0 amide bonds. The molecule has 1 heterocycles. The maximum atomic E-state index is 3.87. The molecule has 0 radical (unpaired) electrons. The molecule has 0 bridgehead atoms. The van der Waals surface area contributed by atoms with Crippen LogP contribution in [0.25, 0.3) is 0 Å². The lowest BCUT2D eigenvalue weighted by molar-refractivity contribution is 0.160. The second kappa shape index (κ2) is 6.93. The van der Waals surface area contributed by atoms with Crippen molar-refractivity contribution < 1.29 is 0 Å². The molecule has 3 unspecified atom stereocenters. The molecule has 2 rings (SSSR count). The number of rotatable bonds is 5. The molecule has 1 aromatic carbocycles. The molecule has 0 saturated carbocycles. The molecule has 0 spiro atoms. The van der Waals surface area contributed by atoms with Crippen molar-refractivity contribution in [2.45, 2.75) is 70.5 Å². The molecule has 1 saturated heterocycles. The highest BCUT2D eigenvalue weighted by Gasteiger charge is 2.27. The first-order valence-corrected chi connectivity index (χ1v) is 8.40. The first-order valence-electron chi connectivity index (χ1n) is 8.40. The van der Waals surface area contributed by atoms with Crippen LogP contribution in [0.4, 0.5) is 0 Å². The molecule has 0 aromatic heterocycles. The highest BCUT2D eigenvalue weighted by atomic mass is 15.1. The van der Waals surface area contributed by atoms with Crippen LogP contribution in [-0.4, -0.2) is 36.6 Å². The summed E-state index contributed by atoms with van der Waals surface area (Å²) in [7, 11) is 2.24. The molecule has 3 atom stereocenters. The summed E-state index contributed by atoms with van der Waals surface area (Å²) in [5.41, 5.74) is 1.67. The van der Waals surface area contributed by atoms with Gasteiger partial charge in [0.25, 0.3) is 0 Å². The van der Waals surface area contributed by atoms with Gasteiger partial charge in [-0.15, -0.1) is 0 Å². The zero-order valence-electron chi connectivity index (χ0n) is 14.4. The van der Waals surface area contributed by atoms with E-state index in [0.717, 1.165) is 0 Å². The van der Waals surface area contributed by atoms with E-state index < -0.39 is 0 Å². The van der Waals surface area contributed by atoms with Crippen molar-refractivity contribution in [2.24, 2.45) is 0 Å². The molecule has 21 heavy (non-hydrogen) atoms. The van der Waals surface area contributed by atoms with Gasteiger partial charge in [-0.3, -0.25) is 0 Å². The van der Waals surface area contributed by atoms with Crippen LogP contribution in [0.1, 0.15) is 52.5 Å². The number of likely N-dealkylation sites (tertiary alicyclic amines) is 1. The van der Waals surface area contributed by atoms with Crippen LogP contribution in [0, 0.1) is 0 Å². The van der Waals surface area contributed by atoms with Crippen LogP contribution in [0.2, 0.25) is 0 Å². The molecular weight excluding hydrogens is 256 g/mol. The van der Waals surface area contributed by atoms with E-state index in [-0.39, 0.29) is 5.41 Å². The number of hydrogen-bond donors (Lipinski definition) is 1. The number of hydrogen-bond acceptors (Lipinski definition) is 2. The minimum atomic E-state index is 0.227. The van der Waals surface area contributed by atoms with Gasteiger partial charge in [0.2, 0.25) is 0 Å². The van der Waals surface area contributed by atoms with E-state index in [9.17, 15) is 0 Å². The Morgan fingerprint density at radius 1 is 1.29 bits per heavy atom. The highest BCUT2D eigenvalue weighted by molar-refractivity contribution is 5.23. The molecule has 1 fully saturated rings. The van der Waals surface area contributed by atoms with Gasteiger partial charge in [-0.25, -0.2) is 0 Å². The Morgan fingerprint density at radius 2 is 1.95 bits per heavy atom. The quantitative estimate of drug-likeness (QED) is 0.886. The fourth-order valence-electron chi connectivity index (χ4n) is 3.67. The Kier molecular flexibility index (Phi) is 5.45. The predicted octanol–water partition coefficient (Wildman–Crippen LogP) is 3.82. The van der Waals surface area contributed by atoms with Gasteiger partial charge in [0.05, 0.1) is 0 Å². The molecule has 118 valence electrons. The van der Waals surface area contributed by atoms with Gasteiger partial charge in [-0.2, -0.15) is 0 Å². The SMILES string of the molecule is CC(CC(C)(C)c1ccccc1)NC1CCN(C)C(C)C1. The maximum Gasteiger partial charge on any atom is 0.00964 e. The first kappa shape index (κ1) is 16.5. The lowest BCUT2D eigenvalue weighted by Crippen LogP contribution is -2.48. The monoisotopic (exact) mass is 288 g/mol. The topological polar surface area (TPSA) is 15.3 Å². The van der Waals surface area contributed by atoms with Crippen molar-refractivity contribution in [1.29, 1.82) is 0 Å². The third-order valence-corrected chi connectivity index (χ3v) is 5.10. The molecular formula is C19H32N2. The van der Waals surface area contributed by atoms with Gasteiger partial charge >= 0.3 is 0 Å². The molecule has 2 nitrogen and oxygen atoms in total. The Bertz CT molecular complexity index is 426. The average molecular weight is 288 g/mol. The van der Waals surface area contributed by atoms with Gasteiger partial charge in [-0.1, -0.05) is 44.2 Å². The second-order valence-electron chi connectivity index (χ2n) is 7.57. The number of benzene rings is 1. The standard InChI is InChI=1S/C19H32N2/c1-15(20-18-11-12-21(5)16(2)13-18)14-19(3,4)17-9-7-6-8-10-17/h6-10,15-16,18,20H,11-14H2,1-5H3. The van der Waals surface area contributed by atoms with Gasteiger partial charge < -0.3 is 10.2 Å². The summed E-state index contributed by atoms with van der Waals surface area (Å²) in [6.45, 7) is 10.6. The van der Waals surface area contributed by atoms with Gasteiger partial charge in [0, 0.05) is 18.1 Å². The fourth-order valence-corrected chi connectivity index (χ4v) is 3.67. The van der Waals surface area contributed by atoms with Crippen molar-refractivity contribution in [3.63, 3.8) is 0 Å². The molecule has 1 aliphatic heterocycles. The Hall–Kier alpha value is -0.860. The smallest absolute Gasteiger partial charge is 0.00964 e. The van der Waals surface area contributed by atoms with Crippen LogP contribution in [0.15, 0.2) is 30.3 Å². The summed E-state index contributed by atoms with van der Waals surface area (Å²) >= 11 is 0. The summed E-state index contributed by atoms with van der Waals surface area (Å²) in [4.78, 5) is 2.47. The third-order valence-electron chi connectivity index (χ3n) is 5.10. The first-order chi connectivity index (χ1) is 9.88. The highest BCUT2D eigenvalue weighted by Crippen LogP contribution is 2.28. The Morgan fingerprint density at radius 3 is 2.57 bits per heavy atom. The molecule has 2 heteroatoms. The molecule has 1 aliphatic rings. The molecule has 1 aromatic rings. The minimum Gasteiger partial charge on any atom is -0.311 e. The maximum absolute atomic E-state index is 3.87. The van der Waals surface area contributed by atoms with Gasteiger partial charge in [-0.05, 0) is 57.7 Å². The minimum absolute atomic E-state index is 0.227. The van der Waals surface area contributed by atoms with Gasteiger partial charge in [0.15, 0.2) is 0 Å². The van der Waals surface area contributed by atoms with Crippen molar-refractivity contribution in [3.05, 3.63) is 35.9 Å². The van der Waals surface area contributed by atoms with Crippen molar-refractivity contribution in [1.82, 2.24) is 10.2 Å². The van der Waals surface area contributed by atoms with Crippen LogP contribution in [0.5, 0.6) is 0 Å². The van der Waals surface area contributed by atoms with Crippen LogP contribution in [-0.2, 0) is 5.41 Å². The zero-order valence-corrected chi connectivity index (χ0v) is 14.4. The third kappa shape index (κ3) is 4.55. The largest absolute Gasteiger partial charge is 0.311 e. The van der Waals surface area contributed by atoms with E-state index >= 15 is 0 Å². The Balaban J connectivity index is 1.88. The summed E-state index contributed by atoms with van der Waals surface area (Å²) in [6, 6.07) is 12.8. The van der Waals surface area contributed by atoms with Crippen molar-refractivity contribution >= 4 is 0 Å². The zero-order chi connectivity index (χ0) is 15.5. The van der Waals surface area contributed by atoms with E-state index in [1.807, 2.05) is 0 Å². The van der Waals surface area contributed by atoms with Crippen molar-refractivity contribution in [2.75, 3.05) is 13.6 Å². The predicted molar refractivity (Wildman–Crippen MR) is 91.8 cm³/mol. The van der Waals surface area contributed by atoms with Gasteiger partial charge in [0.1, 0.15) is 0 Å². The summed E-state index contributed by atoms with van der Waals surface area (Å²) in [5, 5.41) is 3.87. The number of piperidine rings is 1. The second-order valence-corrected chi connectivity index (χ2v) is 7.57. The molecule has 1 N–H and O–H groups in total. The lowest BCUT2D eigenvalue weighted by atomic mass is 9.79. The van der Waals surface area contributed by atoms with Crippen molar-refractivity contribution in [3.8, 4) is 0 Å². The van der Waals surface area contributed by atoms with E-state index in [4.69, 9.17) is 0 Å². The van der Waals surface area contributed by atoms with E-state index in [1.54, 1.807) is 0 Å². The Labute approximate surface area is 130 Å². The molecule has 0 aliphatic carbocycles. The van der Waals surface area contributed by atoms with Crippen LogP contribution >= 0.6 is 0 Å². The van der Waals surface area contributed by atoms with E-state index in [1.165, 1.54) is 31.4 Å². The van der Waals surface area contributed by atoms with Crippen LogP contribution < -0.4 is 5.32 Å². The lowest BCUT2D eigenvalue weighted by Gasteiger charge is -2.38. The average Bonchev–Trinajstić information content (AvgIpc) is 2.43. The van der Waals surface area contributed by atoms with E-state index in [2.05, 4.69) is 75.3 Å². The fraction of sp³-hybridized carbons (Fsp3) is 0.684. The summed E-state index contributed by atoms with van der Waals surface area (Å²) in [5.74, 6) is 0. The number of nitrogens with zero attached hydrogens (tertiary/aromatic N) is 1. The summed E-state index contributed by atoms with van der Waals surface area (Å²) in [6.07, 6.45) is 3.72. The summed E-state index contributed by atoms with van der Waals surface area (Å²) < 4.78 is 0. The van der Waals surface area contributed by atoms with Crippen LogP contribution in [0.3, 0.4) is 0 Å².